The smallest absolute Gasteiger partial charge is 0.265 e. The highest BCUT2D eigenvalue weighted by molar-refractivity contribution is 9.09. The van der Waals surface area contributed by atoms with Gasteiger partial charge in [0.2, 0.25) is 0 Å². The van der Waals surface area contributed by atoms with Gasteiger partial charge in [-0.1, -0.05) is 15.9 Å². The molecule has 0 bridgehead atoms. The Labute approximate surface area is 95.6 Å². The highest BCUT2D eigenvalue weighted by Crippen LogP contribution is 2.24. The first-order valence-corrected chi connectivity index (χ1v) is 6.17. The number of thiophene rings is 1. The summed E-state index contributed by atoms with van der Waals surface area (Å²) in [6.45, 7) is 1.94. The first-order chi connectivity index (χ1) is 6.69. The van der Waals surface area contributed by atoms with Crippen LogP contribution in [0.15, 0.2) is 11.4 Å². The number of halogens is 1. The molecule has 1 aromatic heterocycles. The van der Waals surface area contributed by atoms with Crippen LogP contribution in [0.3, 0.4) is 0 Å². The van der Waals surface area contributed by atoms with Gasteiger partial charge in [0, 0.05) is 11.4 Å². The summed E-state index contributed by atoms with van der Waals surface area (Å²) < 4.78 is 5.06. The van der Waals surface area contributed by atoms with Crippen molar-refractivity contribution in [2.45, 2.75) is 13.0 Å². The van der Waals surface area contributed by atoms with Crippen LogP contribution in [-0.4, -0.2) is 24.4 Å². The minimum atomic E-state index is -0.0798. The van der Waals surface area contributed by atoms with Gasteiger partial charge in [0.25, 0.3) is 5.91 Å². The third kappa shape index (κ3) is 2.72. The molecule has 0 fully saturated rings. The van der Waals surface area contributed by atoms with Crippen molar-refractivity contribution in [1.29, 1.82) is 0 Å². The third-order valence-electron chi connectivity index (χ3n) is 1.66. The number of ether oxygens (including phenoxy) is 1. The number of hydrogen-bond donors (Lipinski definition) is 1. The number of rotatable bonds is 4. The molecule has 0 saturated heterocycles. The molecule has 0 aromatic carbocycles. The number of nitrogens with one attached hydrogen (secondary N) is 1. The number of alkyl halides is 1. The van der Waals surface area contributed by atoms with Crippen molar-refractivity contribution < 1.29 is 9.53 Å². The second-order valence-corrected chi connectivity index (χ2v) is 4.41. The molecule has 1 unspecified atom stereocenters. The van der Waals surface area contributed by atoms with Crippen molar-refractivity contribution in [2.75, 3.05) is 12.4 Å². The molecule has 0 aliphatic rings. The zero-order valence-corrected chi connectivity index (χ0v) is 10.4. The fraction of sp³-hybridized carbons (Fsp3) is 0.444. The fourth-order valence-corrected chi connectivity index (χ4v) is 1.87. The van der Waals surface area contributed by atoms with E-state index in [1.54, 1.807) is 13.2 Å². The van der Waals surface area contributed by atoms with Gasteiger partial charge in [0.05, 0.1) is 7.11 Å². The highest BCUT2D eigenvalue weighted by atomic mass is 79.9. The van der Waals surface area contributed by atoms with Crippen molar-refractivity contribution in [3.63, 3.8) is 0 Å². The fourth-order valence-electron chi connectivity index (χ4n) is 0.952. The molecule has 0 spiro atoms. The molecular formula is C9H12BrNO2S. The molecule has 5 heteroatoms. The molecule has 1 rings (SSSR count). The molecule has 0 aliphatic carbocycles. The van der Waals surface area contributed by atoms with E-state index < -0.39 is 0 Å². The van der Waals surface area contributed by atoms with Gasteiger partial charge in [0.1, 0.15) is 10.6 Å². The van der Waals surface area contributed by atoms with Crippen molar-refractivity contribution in [2.24, 2.45) is 0 Å². The molecule has 0 saturated carbocycles. The van der Waals surface area contributed by atoms with Crippen LogP contribution in [0.2, 0.25) is 0 Å². The van der Waals surface area contributed by atoms with E-state index in [9.17, 15) is 4.79 Å². The summed E-state index contributed by atoms with van der Waals surface area (Å²) in [5.74, 6) is 0.554. The largest absolute Gasteiger partial charge is 0.495 e. The zero-order chi connectivity index (χ0) is 10.6. The van der Waals surface area contributed by atoms with Crippen LogP contribution < -0.4 is 10.1 Å². The Morgan fingerprint density at radius 1 is 1.79 bits per heavy atom. The SMILES string of the molecule is COc1ccsc1C(=O)NC(C)CBr. The quantitative estimate of drug-likeness (QED) is 0.858. The van der Waals surface area contributed by atoms with E-state index in [1.165, 1.54) is 11.3 Å². The lowest BCUT2D eigenvalue weighted by Gasteiger charge is -2.10. The van der Waals surface area contributed by atoms with Gasteiger partial charge < -0.3 is 10.1 Å². The third-order valence-corrected chi connectivity index (χ3v) is 3.53. The number of amides is 1. The maximum atomic E-state index is 11.7. The Kier molecular flexibility index (Phi) is 4.41. The van der Waals surface area contributed by atoms with Crippen LogP contribution in [0.1, 0.15) is 16.6 Å². The monoisotopic (exact) mass is 277 g/mol. The number of hydrogen-bond acceptors (Lipinski definition) is 3. The van der Waals surface area contributed by atoms with Crippen LogP contribution in [-0.2, 0) is 0 Å². The van der Waals surface area contributed by atoms with Gasteiger partial charge in [0.15, 0.2) is 0 Å². The Hall–Kier alpha value is -0.550. The van der Waals surface area contributed by atoms with Crippen LogP contribution in [0.4, 0.5) is 0 Å². The molecule has 1 atom stereocenters. The molecule has 0 radical (unpaired) electrons. The van der Waals surface area contributed by atoms with Crippen molar-refractivity contribution in [1.82, 2.24) is 5.32 Å². The molecule has 14 heavy (non-hydrogen) atoms. The van der Waals surface area contributed by atoms with Gasteiger partial charge in [-0.3, -0.25) is 4.79 Å². The predicted molar refractivity (Wildman–Crippen MR) is 61.6 cm³/mol. The molecule has 1 N–H and O–H groups in total. The van der Waals surface area contributed by atoms with Crippen LogP contribution >= 0.6 is 27.3 Å². The van der Waals surface area contributed by atoms with Gasteiger partial charge in [-0.25, -0.2) is 0 Å². The minimum Gasteiger partial charge on any atom is -0.495 e. The first-order valence-electron chi connectivity index (χ1n) is 4.17. The van der Waals surface area contributed by atoms with Crippen LogP contribution in [0.5, 0.6) is 5.75 Å². The van der Waals surface area contributed by atoms with E-state index >= 15 is 0 Å². The molecule has 1 heterocycles. The number of methoxy groups -OCH3 is 1. The van der Waals surface area contributed by atoms with E-state index in [0.29, 0.717) is 10.6 Å². The topological polar surface area (TPSA) is 38.3 Å². The molecule has 1 amide bonds. The summed E-state index contributed by atoms with van der Waals surface area (Å²) in [6.07, 6.45) is 0. The lowest BCUT2D eigenvalue weighted by Crippen LogP contribution is -2.33. The second kappa shape index (κ2) is 5.36. The molecule has 3 nitrogen and oxygen atoms in total. The lowest BCUT2D eigenvalue weighted by atomic mass is 10.3. The van der Waals surface area contributed by atoms with Crippen molar-refractivity contribution in [3.8, 4) is 5.75 Å². The summed E-state index contributed by atoms with van der Waals surface area (Å²) in [5, 5.41) is 5.43. The summed E-state index contributed by atoms with van der Waals surface area (Å²) in [7, 11) is 1.56. The van der Waals surface area contributed by atoms with Crippen molar-refractivity contribution >= 4 is 33.2 Å². The first kappa shape index (κ1) is 11.5. The molecule has 1 aromatic rings. The van der Waals surface area contributed by atoms with E-state index in [2.05, 4.69) is 21.2 Å². The summed E-state index contributed by atoms with van der Waals surface area (Å²) in [4.78, 5) is 12.3. The highest BCUT2D eigenvalue weighted by Gasteiger charge is 2.15. The number of carbonyl (C=O) groups is 1. The Morgan fingerprint density at radius 3 is 3.07 bits per heavy atom. The summed E-state index contributed by atoms with van der Waals surface area (Å²) in [5.41, 5.74) is 0. The van der Waals surface area contributed by atoms with E-state index in [-0.39, 0.29) is 11.9 Å². The van der Waals surface area contributed by atoms with Crippen LogP contribution in [0, 0.1) is 0 Å². The predicted octanol–water partition coefficient (Wildman–Crippen LogP) is 2.27. The summed E-state index contributed by atoms with van der Waals surface area (Å²) in [6, 6.07) is 1.91. The normalized spacial score (nSPS) is 12.2. The Balaban J connectivity index is 2.69. The van der Waals surface area contributed by atoms with E-state index in [1.807, 2.05) is 12.3 Å². The van der Waals surface area contributed by atoms with Gasteiger partial charge in [-0.05, 0) is 18.4 Å². The van der Waals surface area contributed by atoms with Gasteiger partial charge >= 0.3 is 0 Å². The van der Waals surface area contributed by atoms with Crippen molar-refractivity contribution in [3.05, 3.63) is 16.3 Å². The second-order valence-electron chi connectivity index (χ2n) is 2.85. The minimum absolute atomic E-state index is 0.0798. The van der Waals surface area contributed by atoms with Gasteiger partial charge in [-0.2, -0.15) is 0 Å². The molecule has 78 valence electrons. The average molecular weight is 278 g/mol. The Bertz CT molecular complexity index is 314. The molecule has 0 aliphatic heterocycles. The maximum absolute atomic E-state index is 11.7. The lowest BCUT2D eigenvalue weighted by molar-refractivity contribution is 0.0945. The van der Waals surface area contributed by atoms with Crippen LogP contribution in [0.25, 0.3) is 0 Å². The van der Waals surface area contributed by atoms with Gasteiger partial charge in [-0.15, -0.1) is 11.3 Å². The number of carbonyl (C=O) groups excluding carboxylic acids is 1. The van der Waals surface area contributed by atoms with E-state index in [4.69, 9.17) is 4.74 Å². The Morgan fingerprint density at radius 2 is 2.50 bits per heavy atom. The standard InChI is InChI=1S/C9H12BrNO2S/c1-6(5-10)11-9(12)8-7(13-2)3-4-14-8/h3-4,6H,5H2,1-2H3,(H,11,12). The van der Waals surface area contributed by atoms with E-state index in [0.717, 1.165) is 5.33 Å². The summed E-state index contributed by atoms with van der Waals surface area (Å²) >= 11 is 4.68. The molecular weight excluding hydrogens is 266 g/mol. The maximum Gasteiger partial charge on any atom is 0.265 e. The zero-order valence-electron chi connectivity index (χ0n) is 8.04. The average Bonchev–Trinajstić information content (AvgIpc) is 2.65.